The molecule has 4 rings (SSSR count). The van der Waals surface area contributed by atoms with Gasteiger partial charge < -0.3 is 5.32 Å². The molecule has 2 aromatic heterocycles. The Kier molecular flexibility index (Phi) is 5.07. The molecule has 0 saturated heterocycles. The van der Waals surface area contributed by atoms with E-state index in [4.69, 9.17) is 0 Å². The highest BCUT2D eigenvalue weighted by molar-refractivity contribution is 7.92. The largest absolute Gasteiger partial charge is 0.317 e. The van der Waals surface area contributed by atoms with Gasteiger partial charge in [0.25, 0.3) is 21.6 Å². The number of nitrogens with one attached hydrogen (secondary N) is 4. The molecule has 0 fully saturated rings. The van der Waals surface area contributed by atoms with Gasteiger partial charge in [0.05, 0.1) is 11.3 Å². The quantitative estimate of drug-likeness (QED) is 0.435. The van der Waals surface area contributed by atoms with Gasteiger partial charge in [-0.05, 0) is 30.3 Å². The van der Waals surface area contributed by atoms with Crippen molar-refractivity contribution in [3.63, 3.8) is 0 Å². The monoisotopic (exact) mass is 448 g/mol. The summed E-state index contributed by atoms with van der Waals surface area (Å²) < 4.78 is 69.6. The Bertz CT molecular complexity index is 1420. The molecule has 158 valence electrons. The van der Waals surface area contributed by atoms with Crippen LogP contribution in [0.15, 0.2) is 59.9 Å². The molecule has 0 bridgehead atoms. The number of imidazole rings is 1. The van der Waals surface area contributed by atoms with E-state index >= 15 is 0 Å². The molecule has 12 heteroatoms. The average Bonchev–Trinajstić information content (AvgIpc) is 3.21. The van der Waals surface area contributed by atoms with Crippen molar-refractivity contribution in [2.75, 3.05) is 10.0 Å². The molecule has 2 aromatic carbocycles. The minimum Gasteiger partial charge on any atom is -0.317 e. The highest BCUT2D eigenvalue weighted by Crippen LogP contribution is 2.28. The lowest BCUT2D eigenvalue weighted by atomic mass is 10.2. The second-order valence-corrected chi connectivity index (χ2v) is 7.98. The highest BCUT2D eigenvalue weighted by Gasteiger charge is 2.24. The van der Waals surface area contributed by atoms with Gasteiger partial charge in [0.2, 0.25) is 0 Å². The number of anilines is 2. The third-order valence-corrected chi connectivity index (χ3v) is 5.69. The second-order valence-electron chi connectivity index (χ2n) is 6.33. The molecule has 0 radical (unpaired) electrons. The second kappa shape index (κ2) is 7.72. The molecule has 2 heterocycles. The number of hydrogen-bond donors (Lipinski definition) is 3. The molecule has 4 aromatic rings. The van der Waals surface area contributed by atoms with Gasteiger partial charge in [0.15, 0.2) is 17.7 Å². The van der Waals surface area contributed by atoms with Gasteiger partial charge in [0.1, 0.15) is 28.4 Å². The van der Waals surface area contributed by atoms with E-state index in [0.717, 1.165) is 24.3 Å². The van der Waals surface area contributed by atoms with Gasteiger partial charge in [-0.15, -0.1) is 4.98 Å². The smallest absolute Gasteiger partial charge is 0.299 e. The summed E-state index contributed by atoms with van der Waals surface area (Å²) in [6, 6.07) is 7.49. The number of sulfonamides is 1. The predicted molar refractivity (Wildman–Crippen MR) is 104 cm³/mol. The van der Waals surface area contributed by atoms with Crippen molar-refractivity contribution in [3.8, 4) is 0 Å². The van der Waals surface area contributed by atoms with Crippen LogP contribution < -0.4 is 15.0 Å². The maximum atomic E-state index is 14.9. The lowest BCUT2D eigenvalue weighted by Gasteiger charge is -2.13. The van der Waals surface area contributed by atoms with Crippen molar-refractivity contribution in [1.29, 1.82) is 0 Å². The number of rotatable bonds is 5. The summed E-state index contributed by atoms with van der Waals surface area (Å²) in [5.74, 6) is -4.44. The number of aromatic nitrogens is 3. The number of carbonyl (C=O) groups excluding carboxylic acids is 1. The average molecular weight is 448 g/mol. The number of amides is 1. The SMILES string of the molecule is O=C(Nc1c(F)ccc(NS(=O)(=O)c2ccccc2F)c1F)c1cnc2[nH+]c[nH]c2c1. The lowest BCUT2D eigenvalue weighted by Crippen LogP contribution is -2.18. The fraction of sp³-hybridized carbons (Fsp3) is 0. The Morgan fingerprint density at radius 2 is 1.84 bits per heavy atom. The topological polar surface area (TPSA) is 118 Å². The van der Waals surface area contributed by atoms with Crippen LogP contribution >= 0.6 is 0 Å². The van der Waals surface area contributed by atoms with Crippen LogP contribution in [0.1, 0.15) is 10.4 Å². The number of nitrogens with zero attached hydrogens (tertiary/aromatic N) is 1. The van der Waals surface area contributed by atoms with Gasteiger partial charge in [-0.2, -0.15) is 0 Å². The summed E-state index contributed by atoms with van der Waals surface area (Å²) >= 11 is 0. The third kappa shape index (κ3) is 3.92. The number of H-pyrrole nitrogens is 2. The van der Waals surface area contributed by atoms with Gasteiger partial charge in [-0.25, -0.2) is 26.6 Å². The van der Waals surface area contributed by atoms with Crippen LogP contribution in [0.25, 0.3) is 11.2 Å². The van der Waals surface area contributed by atoms with Crippen LogP contribution in [0.4, 0.5) is 24.5 Å². The molecule has 0 unspecified atom stereocenters. The molecule has 4 N–H and O–H groups in total. The van der Waals surface area contributed by atoms with Crippen molar-refractivity contribution >= 4 is 38.5 Å². The van der Waals surface area contributed by atoms with Crippen molar-refractivity contribution in [3.05, 3.63) is 78.0 Å². The molecule has 8 nitrogen and oxygen atoms in total. The van der Waals surface area contributed by atoms with Crippen LogP contribution in [-0.2, 0) is 10.0 Å². The van der Waals surface area contributed by atoms with Crippen LogP contribution in [0.2, 0.25) is 0 Å². The summed E-state index contributed by atoms with van der Waals surface area (Å²) in [6.45, 7) is 0. The number of pyridine rings is 1. The van der Waals surface area contributed by atoms with Crippen molar-refractivity contribution in [2.45, 2.75) is 4.90 Å². The maximum Gasteiger partial charge on any atom is 0.299 e. The fourth-order valence-electron chi connectivity index (χ4n) is 2.79. The Balaban J connectivity index is 1.64. The Morgan fingerprint density at radius 3 is 2.61 bits per heavy atom. The molecular weight excluding hydrogens is 435 g/mol. The molecule has 0 atom stereocenters. The zero-order valence-corrected chi connectivity index (χ0v) is 16.2. The number of hydrogen-bond acceptors (Lipinski definition) is 4. The molecule has 0 aliphatic carbocycles. The Morgan fingerprint density at radius 1 is 1.06 bits per heavy atom. The van der Waals surface area contributed by atoms with E-state index in [2.05, 4.69) is 20.3 Å². The standard InChI is InChI=1S/C19H12F3N5O3S/c20-11-3-1-2-4-15(11)31(29,30)27-13-6-5-12(21)17(16(13)22)26-19(28)10-7-14-18(23-8-10)25-9-24-14/h1-9,27H,(H,26,28)(H,23,24,25)/p+1. The molecule has 0 saturated carbocycles. The first-order chi connectivity index (χ1) is 14.8. The lowest BCUT2D eigenvalue weighted by molar-refractivity contribution is -0.347. The zero-order chi connectivity index (χ0) is 22.2. The normalized spacial score (nSPS) is 11.5. The first-order valence-electron chi connectivity index (χ1n) is 8.68. The van der Waals surface area contributed by atoms with E-state index < -0.39 is 49.7 Å². The molecule has 31 heavy (non-hydrogen) atoms. The third-order valence-electron chi connectivity index (χ3n) is 4.29. The van der Waals surface area contributed by atoms with Gasteiger partial charge >= 0.3 is 0 Å². The van der Waals surface area contributed by atoms with E-state index in [1.54, 1.807) is 0 Å². The van der Waals surface area contributed by atoms with Crippen molar-refractivity contribution < 1.29 is 31.4 Å². The van der Waals surface area contributed by atoms with E-state index in [9.17, 15) is 26.4 Å². The molecule has 0 aliphatic rings. The number of benzene rings is 2. The molecule has 0 aliphatic heterocycles. The summed E-state index contributed by atoms with van der Waals surface area (Å²) in [5, 5.41) is 2.07. The molecule has 1 amide bonds. The Labute approximate surface area is 173 Å². The summed E-state index contributed by atoms with van der Waals surface area (Å²) in [5.41, 5.74) is -0.595. The van der Waals surface area contributed by atoms with Crippen LogP contribution in [0, 0.1) is 17.5 Å². The summed E-state index contributed by atoms with van der Waals surface area (Å²) in [6.07, 6.45) is 2.69. The van der Waals surface area contributed by atoms with E-state index in [1.807, 2.05) is 4.72 Å². The van der Waals surface area contributed by atoms with E-state index in [-0.39, 0.29) is 5.56 Å². The van der Waals surface area contributed by atoms with Crippen LogP contribution in [0.5, 0.6) is 0 Å². The van der Waals surface area contributed by atoms with Gasteiger partial charge in [-0.3, -0.25) is 14.5 Å². The minimum atomic E-state index is -4.51. The molecular formula is C19H13F3N5O3S+. The van der Waals surface area contributed by atoms with Crippen LogP contribution in [0.3, 0.4) is 0 Å². The Hall–Kier alpha value is -3.93. The number of fused-ring (bicyclic) bond motifs is 1. The van der Waals surface area contributed by atoms with Crippen LogP contribution in [-0.4, -0.2) is 24.3 Å². The maximum absolute atomic E-state index is 14.9. The number of aromatic amines is 2. The number of carbonyl (C=O) groups is 1. The highest BCUT2D eigenvalue weighted by atomic mass is 32.2. The van der Waals surface area contributed by atoms with Crippen molar-refractivity contribution in [2.24, 2.45) is 0 Å². The summed E-state index contributed by atoms with van der Waals surface area (Å²) in [7, 11) is -4.51. The predicted octanol–water partition coefficient (Wildman–Crippen LogP) is 2.85. The van der Waals surface area contributed by atoms with E-state index in [0.29, 0.717) is 11.2 Å². The molecule has 0 spiro atoms. The fourth-order valence-corrected chi connectivity index (χ4v) is 3.93. The minimum absolute atomic E-state index is 0.000472. The first-order valence-corrected chi connectivity index (χ1v) is 10.2. The zero-order valence-electron chi connectivity index (χ0n) is 15.4. The number of halogens is 3. The van der Waals surface area contributed by atoms with E-state index in [1.165, 1.54) is 30.7 Å². The van der Waals surface area contributed by atoms with Gasteiger partial charge in [-0.1, -0.05) is 12.1 Å². The van der Waals surface area contributed by atoms with Crippen molar-refractivity contribution in [1.82, 2.24) is 9.97 Å². The summed E-state index contributed by atoms with van der Waals surface area (Å²) in [4.78, 5) is 21.3. The van der Waals surface area contributed by atoms with Gasteiger partial charge in [0, 0.05) is 0 Å². The first kappa shape index (κ1) is 20.3.